The van der Waals surface area contributed by atoms with E-state index < -0.39 is 11.4 Å². The summed E-state index contributed by atoms with van der Waals surface area (Å²) in [7, 11) is 0. The van der Waals surface area contributed by atoms with Gasteiger partial charge in [0.15, 0.2) is 0 Å². The molecule has 0 aliphatic carbocycles. The lowest BCUT2D eigenvalue weighted by Crippen LogP contribution is -2.34. The van der Waals surface area contributed by atoms with Crippen LogP contribution in [0.25, 0.3) is 5.69 Å². The number of nitrogens with zero attached hydrogens (tertiary/aromatic N) is 3. The molecule has 1 fully saturated rings. The van der Waals surface area contributed by atoms with Crippen molar-refractivity contribution in [3.05, 3.63) is 46.2 Å². The standard InChI is InChI=1S/C16H15Cl2N3O3/c1-16(15(23)24)4-5-20(9-16)14(22)10-7-19-21(8-10)13-3-2-11(17)6-12(13)18/h2-3,6-8H,4-5,9H2,1H3,(H,23,24)/t16-/m1/s1. The molecule has 1 atom stereocenters. The number of hydrogen-bond acceptors (Lipinski definition) is 3. The number of carboxylic acids is 1. The van der Waals surface area contributed by atoms with E-state index in [2.05, 4.69) is 5.10 Å². The number of amides is 1. The van der Waals surface area contributed by atoms with Crippen LogP contribution in [0.5, 0.6) is 0 Å². The molecule has 1 aliphatic rings. The molecule has 1 amide bonds. The van der Waals surface area contributed by atoms with Crippen molar-refractivity contribution in [1.82, 2.24) is 14.7 Å². The summed E-state index contributed by atoms with van der Waals surface area (Å²) in [5.74, 6) is -1.13. The van der Waals surface area contributed by atoms with Gasteiger partial charge in [0, 0.05) is 24.3 Å². The van der Waals surface area contributed by atoms with Gasteiger partial charge in [0.2, 0.25) is 0 Å². The molecule has 8 heteroatoms. The van der Waals surface area contributed by atoms with Crippen LogP contribution in [0.1, 0.15) is 23.7 Å². The molecule has 2 heterocycles. The molecule has 1 N–H and O–H groups in total. The van der Waals surface area contributed by atoms with Crippen LogP contribution >= 0.6 is 23.2 Å². The van der Waals surface area contributed by atoms with Crippen molar-refractivity contribution in [3.63, 3.8) is 0 Å². The molecular formula is C16H15Cl2N3O3. The Balaban J connectivity index is 1.81. The fourth-order valence-electron chi connectivity index (χ4n) is 2.72. The largest absolute Gasteiger partial charge is 0.481 e. The zero-order valence-electron chi connectivity index (χ0n) is 12.9. The molecule has 3 rings (SSSR count). The number of aliphatic carboxylic acids is 1. The zero-order valence-corrected chi connectivity index (χ0v) is 14.4. The van der Waals surface area contributed by atoms with Gasteiger partial charge < -0.3 is 10.0 Å². The molecular weight excluding hydrogens is 353 g/mol. The first-order valence-electron chi connectivity index (χ1n) is 7.33. The summed E-state index contributed by atoms with van der Waals surface area (Å²) in [5.41, 5.74) is 0.0954. The topological polar surface area (TPSA) is 75.4 Å². The minimum absolute atomic E-state index is 0.189. The molecule has 6 nitrogen and oxygen atoms in total. The molecule has 1 aromatic carbocycles. The third-order valence-electron chi connectivity index (χ3n) is 4.26. The molecule has 0 radical (unpaired) electrons. The number of benzene rings is 1. The normalized spacial score (nSPS) is 20.4. The van der Waals surface area contributed by atoms with Crippen LogP contribution in [-0.4, -0.2) is 44.8 Å². The van der Waals surface area contributed by atoms with Crippen molar-refractivity contribution in [2.75, 3.05) is 13.1 Å². The molecule has 126 valence electrons. The fourth-order valence-corrected chi connectivity index (χ4v) is 3.22. The van der Waals surface area contributed by atoms with Gasteiger partial charge in [-0.05, 0) is 31.5 Å². The molecule has 0 spiro atoms. The van der Waals surface area contributed by atoms with Crippen molar-refractivity contribution in [2.45, 2.75) is 13.3 Å². The summed E-state index contributed by atoms with van der Waals surface area (Å²) in [4.78, 5) is 25.4. The number of rotatable bonds is 3. The van der Waals surface area contributed by atoms with E-state index in [9.17, 15) is 14.7 Å². The first-order chi connectivity index (χ1) is 11.3. The molecule has 1 saturated heterocycles. The smallest absolute Gasteiger partial charge is 0.311 e. The summed E-state index contributed by atoms with van der Waals surface area (Å²) in [6, 6.07) is 4.99. The van der Waals surface area contributed by atoms with Crippen molar-refractivity contribution >= 4 is 35.1 Å². The third kappa shape index (κ3) is 2.99. The van der Waals surface area contributed by atoms with Crippen LogP contribution in [0.4, 0.5) is 0 Å². The zero-order chi connectivity index (χ0) is 17.5. The lowest BCUT2D eigenvalue weighted by atomic mass is 9.90. The van der Waals surface area contributed by atoms with Gasteiger partial charge in [-0.1, -0.05) is 23.2 Å². The molecule has 24 heavy (non-hydrogen) atoms. The Morgan fingerprint density at radius 1 is 1.33 bits per heavy atom. The van der Waals surface area contributed by atoms with Crippen LogP contribution < -0.4 is 0 Å². The SMILES string of the molecule is C[C@@]1(C(=O)O)CCN(C(=O)c2cnn(-c3ccc(Cl)cc3Cl)c2)C1. The highest BCUT2D eigenvalue weighted by Gasteiger charge is 2.42. The lowest BCUT2D eigenvalue weighted by molar-refractivity contribution is -0.147. The second-order valence-corrected chi connectivity index (χ2v) is 6.96. The highest BCUT2D eigenvalue weighted by Crippen LogP contribution is 2.31. The number of likely N-dealkylation sites (tertiary alicyclic amines) is 1. The van der Waals surface area contributed by atoms with E-state index in [4.69, 9.17) is 23.2 Å². The number of halogens is 2. The Hall–Kier alpha value is -2.05. The molecule has 0 saturated carbocycles. The van der Waals surface area contributed by atoms with Crippen molar-refractivity contribution in [1.29, 1.82) is 0 Å². The van der Waals surface area contributed by atoms with Crippen LogP contribution in [-0.2, 0) is 4.79 Å². The third-order valence-corrected chi connectivity index (χ3v) is 4.80. The van der Waals surface area contributed by atoms with Gasteiger partial charge in [0.05, 0.1) is 27.9 Å². The van der Waals surface area contributed by atoms with Crippen molar-refractivity contribution in [3.8, 4) is 5.69 Å². The average Bonchev–Trinajstić information content (AvgIpc) is 3.14. The highest BCUT2D eigenvalue weighted by molar-refractivity contribution is 6.35. The minimum atomic E-state index is -0.898. The number of carbonyl (C=O) groups excluding carboxylic acids is 1. The molecule has 0 bridgehead atoms. The van der Waals surface area contributed by atoms with Gasteiger partial charge in [0.25, 0.3) is 5.91 Å². The van der Waals surface area contributed by atoms with Crippen LogP contribution in [0.15, 0.2) is 30.6 Å². The van der Waals surface area contributed by atoms with Gasteiger partial charge in [-0.25, -0.2) is 4.68 Å². The molecule has 0 unspecified atom stereocenters. The van der Waals surface area contributed by atoms with Crippen LogP contribution in [0, 0.1) is 5.41 Å². The quantitative estimate of drug-likeness (QED) is 0.903. The van der Waals surface area contributed by atoms with E-state index >= 15 is 0 Å². The van der Waals surface area contributed by atoms with E-state index in [-0.39, 0.29) is 12.5 Å². The minimum Gasteiger partial charge on any atom is -0.481 e. The Morgan fingerprint density at radius 2 is 2.08 bits per heavy atom. The summed E-state index contributed by atoms with van der Waals surface area (Å²) in [6.07, 6.45) is 3.46. The Morgan fingerprint density at radius 3 is 2.71 bits per heavy atom. The monoisotopic (exact) mass is 367 g/mol. The van der Waals surface area contributed by atoms with E-state index in [0.717, 1.165) is 0 Å². The first-order valence-corrected chi connectivity index (χ1v) is 8.08. The average molecular weight is 368 g/mol. The molecule has 1 aromatic heterocycles. The predicted octanol–water partition coefficient (Wildman–Crippen LogP) is 3.12. The van der Waals surface area contributed by atoms with Gasteiger partial charge in [0.1, 0.15) is 0 Å². The maximum absolute atomic E-state index is 12.6. The second-order valence-electron chi connectivity index (χ2n) is 6.11. The number of aromatic nitrogens is 2. The maximum atomic E-state index is 12.6. The van der Waals surface area contributed by atoms with Gasteiger partial charge >= 0.3 is 5.97 Å². The van der Waals surface area contributed by atoms with Gasteiger partial charge in [-0.3, -0.25) is 9.59 Å². The number of carboxylic acid groups (broad SMARTS) is 1. The van der Waals surface area contributed by atoms with E-state index in [1.807, 2.05) is 0 Å². The van der Waals surface area contributed by atoms with Crippen molar-refractivity contribution in [2.24, 2.45) is 5.41 Å². The molecule has 2 aromatic rings. The van der Waals surface area contributed by atoms with E-state index in [1.165, 1.54) is 10.9 Å². The van der Waals surface area contributed by atoms with E-state index in [1.54, 1.807) is 36.2 Å². The molecule has 1 aliphatic heterocycles. The van der Waals surface area contributed by atoms with Gasteiger partial charge in [-0.15, -0.1) is 0 Å². The lowest BCUT2D eigenvalue weighted by Gasteiger charge is -2.19. The second kappa shape index (κ2) is 6.11. The fraction of sp³-hybridized carbons (Fsp3) is 0.312. The Kier molecular flexibility index (Phi) is 4.27. The Labute approximate surface area is 148 Å². The summed E-state index contributed by atoms with van der Waals surface area (Å²) in [5, 5.41) is 14.4. The number of hydrogen-bond donors (Lipinski definition) is 1. The van der Waals surface area contributed by atoms with Crippen molar-refractivity contribution < 1.29 is 14.7 Å². The maximum Gasteiger partial charge on any atom is 0.311 e. The first kappa shape index (κ1) is 16.8. The summed E-state index contributed by atoms with van der Waals surface area (Å²) < 4.78 is 1.50. The van der Waals surface area contributed by atoms with E-state index in [0.29, 0.717) is 34.3 Å². The highest BCUT2D eigenvalue weighted by atomic mass is 35.5. The Bertz CT molecular complexity index is 821. The van der Waals surface area contributed by atoms with Crippen LogP contribution in [0.3, 0.4) is 0 Å². The predicted molar refractivity (Wildman–Crippen MR) is 89.8 cm³/mol. The van der Waals surface area contributed by atoms with Crippen LogP contribution in [0.2, 0.25) is 10.0 Å². The number of carbonyl (C=O) groups is 2. The summed E-state index contributed by atoms with van der Waals surface area (Å²) >= 11 is 12.0. The van der Waals surface area contributed by atoms with Gasteiger partial charge in [-0.2, -0.15) is 5.10 Å². The summed E-state index contributed by atoms with van der Waals surface area (Å²) in [6.45, 7) is 2.25.